The molecule has 4 aliphatic rings. The third-order valence-electron chi connectivity index (χ3n) is 7.84. The number of carbonyl (C=O) groups excluding carboxylic acids is 2. The number of ketones is 1. The molecule has 0 amide bonds. The van der Waals surface area contributed by atoms with Gasteiger partial charge in [0.1, 0.15) is 28.4 Å². The van der Waals surface area contributed by atoms with Gasteiger partial charge >= 0.3 is 0 Å². The molecule has 0 radical (unpaired) electrons. The molecule has 0 aromatic heterocycles. The highest BCUT2D eigenvalue weighted by molar-refractivity contribution is 6.05. The highest BCUT2D eigenvalue weighted by Crippen LogP contribution is 2.67. The predicted molar refractivity (Wildman–Crippen MR) is 105 cm³/mol. The van der Waals surface area contributed by atoms with Gasteiger partial charge in [0.2, 0.25) is 0 Å². The van der Waals surface area contributed by atoms with Crippen LogP contribution in [0.1, 0.15) is 80.2 Å². The van der Waals surface area contributed by atoms with Gasteiger partial charge in [-0.15, -0.1) is 0 Å². The quantitative estimate of drug-likeness (QED) is 0.587. The molecule has 5 heteroatoms. The maximum atomic E-state index is 13.0. The van der Waals surface area contributed by atoms with Crippen LogP contribution in [0.25, 0.3) is 0 Å². The Hall–Kier alpha value is -2.04. The minimum Gasteiger partial charge on any atom is -0.507 e. The Bertz CT molecular complexity index is 868. The van der Waals surface area contributed by atoms with Gasteiger partial charge in [0.15, 0.2) is 12.1 Å². The van der Waals surface area contributed by atoms with Crippen LogP contribution in [-0.4, -0.2) is 27.9 Å². The van der Waals surface area contributed by atoms with E-state index in [0.717, 1.165) is 12.8 Å². The molecule has 2 bridgehead atoms. The minimum atomic E-state index is -0.458. The third kappa shape index (κ3) is 2.37. The lowest BCUT2D eigenvalue weighted by Gasteiger charge is -2.67. The molecule has 5 rings (SSSR count). The number of carbonyl (C=O) groups is 2. The van der Waals surface area contributed by atoms with Gasteiger partial charge in [0.05, 0.1) is 5.56 Å². The van der Waals surface area contributed by atoms with E-state index in [1.807, 2.05) is 13.8 Å². The second-order valence-electron chi connectivity index (χ2n) is 10.2. The number of aromatic hydroxyl groups is 2. The van der Waals surface area contributed by atoms with Crippen LogP contribution in [0.2, 0.25) is 0 Å². The van der Waals surface area contributed by atoms with Crippen molar-refractivity contribution < 1.29 is 24.5 Å². The lowest BCUT2D eigenvalue weighted by molar-refractivity contribution is -0.217. The summed E-state index contributed by atoms with van der Waals surface area (Å²) in [6, 6.07) is 0. The topological polar surface area (TPSA) is 83.8 Å². The number of hydrogen-bond acceptors (Lipinski definition) is 5. The standard InChI is InChI=1S/C23H30O5/c1-11(2)6-16(25)18-20(27)15(10-24)19(26)14-8-13-7-12-9-17(22(12,3)4)23(13,5)28-21(14)18/h10-13,17,26-27H,6-9H2,1-5H3/t12-,13+,17-,23-/m0/s1. The Balaban J connectivity index is 1.88. The van der Waals surface area contributed by atoms with E-state index in [1.54, 1.807) is 0 Å². The third-order valence-corrected chi connectivity index (χ3v) is 7.84. The Morgan fingerprint density at radius 1 is 1.18 bits per heavy atom. The zero-order valence-electron chi connectivity index (χ0n) is 17.3. The van der Waals surface area contributed by atoms with Crippen molar-refractivity contribution in [3.8, 4) is 17.2 Å². The van der Waals surface area contributed by atoms with E-state index in [9.17, 15) is 19.8 Å². The first-order valence-electron chi connectivity index (χ1n) is 10.3. The number of hydrogen-bond donors (Lipinski definition) is 2. The van der Waals surface area contributed by atoms with Gasteiger partial charge < -0.3 is 14.9 Å². The van der Waals surface area contributed by atoms with Gasteiger partial charge in [-0.1, -0.05) is 27.7 Å². The van der Waals surface area contributed by atoms with Crippen molar-refractivity contribution in [2.75, 3.05) is 0 Å². The fraction of sp³-hybridized carbons (Fsp3) is 0.652. The summed E-state index contributed by atoms with van der Waals surface area (Å²) in [6.07, 6.45) is 3.33. The summed E-state index contributed by atoms with van der Waals surface area (Å²) < 4.78 is 6.55. The molecule has 0 spiro atoms. The van der Waals surface area contributed by atoms with Crippen LogP contribution >= 0.6 is 0 Å². The lowest BCUT2D eigenvalue weighted by atomic mass is 9.41. The van der Waals surface area contributed by atoms with Crippen LogP contribution in [-0.2, 0) is 6.42 Å². The van der Waals surface area contributed by atoms with Crippen LogP contribution in [0.15, 0.2) is 0 Å². The van der Waals surface area contributed by atoms with E-state index in [4.69, 9.17) is 4.74 Å². The highest BCUT2D eigenvalue weighted by atomic mass is 16.5. The molecule has 2 N–H and O–H groups in total. The summed E-state index contributed by atoms with van der Waals surface area (Å²) in [6.45, 7) is 10.5. The van der Waals surface area contributed by atoms with Crippen LogP contribution < -0.4 is 4.74 Å². The van der Waals surface area contributed by atoms with Crippen molar-refractivity contribution in [3.63, 3.8) is 0 Å². The highest BCUT2D eigenvalue weighted by Gasteiger charge is 2.66. The van der Waals surface area contributed by atoms with E-state index in [2.05, 4.69) is 20.8 Å². The zero-order chi connectivity index (χ0) is 20.6. The molecule has 1 heterocycles. The number of phenolic OH excluding ortho intramolecular Hbond substituents is 2. The minimum absolute atomic E-state index is 0.0579. The number of aldehydes is 1. The number of Topliss-reactive ketones (excluding diaryl/α,β-unsaturated/α-hetero) is 1. The molecule has 0 saturated heterocycles. The first-order valence-corrected chi connectivity index (χ1v) is 10.3. The monoisotopic (exact) mass is 386 g/mol. The van der Waals surface area contributed by atoms with Gasteiger partial charge in [-0.25, -0.2) is 0 Å². The summed E-state index contributed by atoms with van der Waals surface area (Å²) in [5, 5.41) is 21.4. The average molecular weight is 386 g/mol. The second kappa shape index (κ2) is 5.98. The maximum Gasteiger partial charge on any atom is 0.170 e. The van der Waals surface area contributed by atoms with Crippen molar-refractivity contribution in [2.24, 2.45) is 29.1 Å². The fourth-order valence-corrected chi connectivity index (χ4v) is 6.08. The van der Waals surface area contributed by atoms with E-state index in [-0.39, 0.29) is 52.1 Å². The summed E-state index contributed by atoms with van der Waals surface area (Å²) in [7, 11) is 0. The van der Waals surface area contributed by atoms with Crippen LogP contribution in [0.3, 0.4) is 0 Å². The molecule has 28 heavy (non-hydrogen) atoms. The number of phenols is 2. The van der Waals surface area contributed by atoms with Gasteiger partial charge in [-0.05, 0) is 43.4 Å². The van der Waals surface area contributed by atoms with Crippen molar-refractivity contribution in [2.45, 2.75) is 65.9 Å². The molecular weight excluding hydrogens is 356 g/mol. The average Bonchev–Trinajstić information content (AvgIpc) is 2.59. The van der Waals surface area contributed by atoms with Gasteiger partial charge in [-0.3, -0.25) is 9.59 Å². The summed E-state index contributed by atoms with van der Waals surface area (Å²) in [5.74, 6) is 0.641. The van der Waals surface area contributed by atoms with Gasteiger partial charge in [0, 0.05) is 23.8 Å². The molecule has 0 unspecified atom stereocenters. The smallest absolute Gasteiger partial charge is 0.170 e. The molecule has 4 atom stereocenters. The first kappa shape index (κ1) is 19.3. The summed E-state index contributed by atoms with van der Waals surface area (Å²) in [5.41, 5.74) is 0.0765. The maximum absolute atomic E-state index is 13.0. The number of benzene rings is 1. The fourth-order valence-electron chi connectivity index (χ4n) is 6.08. The van der Waals surface area contributed by atoms with Crippen molar-refractivity contribution in [3.05, 3.63) is 16.7 Å². The van der Waals surface area contributed by atoms with Crippen LogP contribution in [0, 0.1) is 29.1 Å². The molecular formula is C23H30O5. The van der Waals surface area contributed by atoms with Crippen LogP contribution in [0.5, 0.6) is 17.2 Å². The van der Waals surface area contributed by atoms with Crippen molar-refractivity contribution in [1.82, 2.24) is 0 Å². The van der Waals surface area contributed by atoms with Gasteiger partial charge in [-0.2, -0.15) is 0 Å². The first-order chi connectivity index (χ1) is 13.0. The molecule has 5 nitrogen and oxygen atoms in total. The van der Waals surface area contributed by atoms with E-state index >= 15 is 0 Å². The molecule has 1 aromatic carbocycles. The number of rotatable bonds is 4. The molecule has 152 valence electrons. The lowest BCUT2D eigenvalue weighted by Crippen LogP contribution is -2.67. The summed E-state index contributed by atoms with van der Waals surface area (Å²) in [4.78, 5) is 24.5. The SMILES string of the molecule is CC(C)CC(=O)c1c(O)c(C=O)c(O)c2c1O[C@@]1(C)[C@@H](C2)C[C@H]2C[C@H]1C2(C)C. The molecule has 1 aliphatic heterocycles. The predicted octanol–water partition coefficient (Wildman–Crippen LogP) is 4.51. The number of fused-ring (bicyclic) bond motifs is 1. The number of ether oxygens (including phenoxy) is 1. The Labute approximate surface area is 166 Å². The van der Waals surface area contributed by atoms with Crippen LogP contribution in [0.4, 0.5) is 0 Å². The zero-order valence-corrected chi connectivity index (χ0v) is 17.3. The molecule has 3 fully saturated rings. The van der Waals surface area contributed by atoms with Crippen molar-refractivity contribution >= 4 is 12.1 Å². The molecule has 3 aliphatic carbocycles. The molecule has 3 saturated carbocycles. The summed E-state index contributed by atoms with van der Waals surface area (Å²) >= 11 is 0. The molecule has 1 aromatic rings. The van der Waals surface area contributed by atoms with E-state index in [1.165, 1.54) is 0 Å². The largest absolute Gasteiger partial charge is 0.507 e. The second-order valence-corrected chi connectivity index (χ2v) is 10.2. The normalized spacial score (nSPS) is 32.0. The Morgan fingerprint density at radius 3 is 2.43 bits per heavy atom. The van der Waals surface area contributed by atoms with E-state index < -0.39 is 11.4 Å². The Morgan fingerprint density at radius 2 is 1.86 bits per heavy atom. The van der Waals surface area contributed by atoms with E-state index in [0.29, 0.717) is 30.1 Å². The van der Waals surface area contributed by atoms with Gasteiger partial charge in [0.25, 0.3) is 0 Å². The Kier molecular flexibility index (Phi) is 4.12. The van der Waals surface area contributed by atoms with Crippen molar-refractivity contribution in [1.29, 1.82) is 0 Å².